The van der Waals surface area contributed by atoms with Gasteiger partial charge in [0.05, 0.1) is 32.0 Å². The molecule has 0 aromatic heterocycles. The minimum atomic E-state index is 0.339. The first-order valence-electron chi connectivity index (χ1n) is 7.33. The van der Waals surface area contributed by atoms with E-state index in [-0.39, 0.29) is 0 Å². The summed E-state index contributed by atoms with van der Waals surface area (Å²) in [5.74, 6) is 0. The lowest BCUT2D eigenvalue weighted by Gasteiger charge is -2.14. The molecule has 1 aromatic carbocycles. The van der Waals surface area contributed by atoms with Crippen molar-refractivity contribution in [1.29, 1.82) is 0 Å². The van der Waals surface area contributed by atoms with Crippen molar-refractivity contribution in [2.24, 2.45) is 0 Å². The number of benzene rings is 1. The molecular formula is C16H25NO3. The molecule has 112 valence electrons. The average molecular weight is 279 g/mol. The van der Waals surface area contributed by atoms with Gasteiger partial charge in [0.1, 0.15) is 0 Å². The number of nitrogens with one attached hydrogen (secondary N) is 1. The summed E-state index contributed by atoms with van der Waals surface area (Å²) < 4.78 is 16.3. The molecule has 20 heavy (non-hydrogen) atoms. The Bertz CT molecular complexity index is 397. The maximum atomic E-state index is 5.80. The van der Waals surface area contributed by atoms with E-state index in [0.29, 0.717) is 32.0 Å². The molecule has 0 spiro atoms. The van der Waals surface area contributed by atoms with Crippen LogP contribution in [0.15, 0.2) is 24.3 Å². The van der Waals surface area contributed by atoms with Gasteiger partial charge >= 0.3 is 0 Å². The normalized spacial score (nSPS) is 22.1. The molecule has 1 aliphatic rings. The third-order valence-electron chi connectivity index (χ3n) is 3.48. The first-order chi connectivity index (χ1) is 9.78. The number of hydrogen-bond acceptors (Lipinski definition) is 4. The molecule has 2 atom stereocenters. The first-order valence-corrected chi connectivity index (χ1v) is 7.33. The van der Waals surface area contributed by atoms with Gasteiger partial charge < -0.3 is 19.5 Å². The van der Waals surface area contributed by atoms with Gasteiger partial charge in [0.15, 0.2) is 0 Å². The van der Waals surface area contributed by atoms with Crippen molar-refractivity contribution in [3.8, 4) is 0 Å². The largest absolute Gasteiger partial charge is 0.382 e. The van der Waals surface area contributed by atoms with Gasteiger partial charge in [-0.3, -0.25) is 0 Å². The maximum absolute atomic E-state index is 5.80. The molecule has 0 bridgehead atoms. The lowest BCUT2D eigenvalue weighted by Crippen LogP contribution is -2.19. The minimum Gasteiger partial charge on any atom is -0.382 e. The van der Waals surface area contributed by atoms with Crippen LogP contribution in [0.5, 0.6) is 0 Å². The van der Waals surface area contributed by atoms with Crippen molar-refractivity contribution < 1.29 is 14.2 Å². The van der Waals surface area contributed by atoms with Gasteiger partial charge in [-0.2, -0.15) is 0 Å². The summed E-state index contributed by atoms with van der Waals surface area (Å²) in [5.41, 5.74) is 2.30. The standard InChI is InChI=1S/C16H25NO3/c1-13-6-7-16(20-13)11-17-15-5-3-4-14(10-15)12-19-9-8-18-2/h3-5,10,13,16-17H,6-9,11-12H2,1-2H3. The second-order valence-electron chi connectivity index (χ2n) is 5.27. The molecule has 0 saturated carbocycles. The predicted octanol–water partition coefficient (Wildman–Crippen LogP) is 2.83. The highest BCUT2D eigenvalue weighted by Crippen LogP contribution is 2.20. The van der Waals surface area contributed by atoms with Crippen molar-refractivity contribution >= 4 is 5.69 Å². The van der Waals surface area contributed by atoms with Gasteiger partial charge in [0.25, 0.3) is 0 Å². The van der Waals surface area contributed by atoms with E-state index in [2.05, 4.69) is 36.5 Å². The SMILES string of the molecule is COCCOCc1cccc(NCC2CCC(C)O2)c1. The van der Waals surface area contributed by atoms with Crippen LogP contribution in [0, 0.1) is 0 Å². The highest BCUT2D eigenvalue weighted by atomic mass is 16.5. The lowest BCUT2D eigenvalue weighted by molar-refractivity contribution is 0.0616. The fraction of sp³-hybridized carbons (Fsp3) is 0.625. The monoisotopic (exact) mass is 279 g/mol. The Balaban J connectivity index is 1.74. The van der Waals surface area contributed by atoms with Gasteiger partial charge in [-0.1, -0.05) is 12.1 Å². The second kappa shape index (κ2) is 8.25. The van der Waals surface area contributed by atoms with E-state index in [4.69, 9.17) is 14.2 Å². The molecule has 4 nitrogen and oxygen atoms in total. The van der Waals surface area contributed by atoms with Crippen molar-refractivity contribution in [1.82, 2.24) is 0 Å². The van der Waals surface area contributed by atoms with E-state index in [1.54, 1.807) is 7.11 Å². The van der Waals surface area contributed by atoms with Gasteiger partial charge in [-0.05, 0) is 37.5 Å². The molecule has 0 aliphatic carbocycles. The molecule has 1 N–H and O–H groups in total. The third-order valence-corrected chi connectivity index (χ3v) is 3.48. The number of anilines is 1. The summed E-state index contributed by atoms with van der Waals surface area (Å²) in [4.78, 5) is 0. The molecular weight excluding hydrogens is 254 g/mol. The molecule has 1 saturated heterocycles. The van der Waals surface area contributed by atoms with Crippen LogP contribution in [0.4, 0.5) is 5.69 Å². The van der Waals surface area contributed by atoms with Crippen LogP contribution in [-0.4, -0.2) is 39.1 Å². The van der Waals surface area contributed by atoms with Crippen molar-refractivity contribution in [2.45, 2.75) is 38.6 Å². The summed E-state index contributed by atoms with van der Waals surface area (Å²) in [7, 11) is 1.68. The van der Waals surface area contributed by atoms with Crippen LogP contribution in [0.2, 0.25) is 0 Å². The smallest absolute Gasteiger partial charge is 0.0751 e. The van der Waals surface area contributed by atoms with Gasteiger partial charge in [0, 0.05) is 19.3 Å². The Morgan fingerprint density at radius 1 is 1.30 bits per heavy atom. The molecule has 0 radical (unpaired) electrons. The summed E-state index contributed by atoms with van der Waals surface area (Å²) in [6, 6.07) is 8.34. The van der Waals surface area contributed by atoms with Crippen molar-refractivity contribution in [2.75, 3.05) is 32.2 Å². The molecule has 2 rings (SSSR count). The van der Waals surface area contributed by atoms with E-state index in [1.165, 1.54) is 12.0 Å². The topological polar surface area (TPSA) is 39.7 Å². The van der Waals surface area contributed by atoms with Crippen LogP contribution in [-0.2, 0) is 20.8 Å². The van der Waals surface area contributed by atoms with E-state index >= 15 is 0 Å². The molecule has 1 aromatic rings. The third kappa shape index (κ3) is 5.12. The minimum absolute atomic E-state index is 0.339. The van der Waals surface area contributed by atoms with Crippen LogP contribution >= 0.6 is 0 Å². The Morgan fingerprint density at radius 3 is 2.95 bits per heavy atom. The lowest BCUT2D eigenvalue weighted by atomic mass is 10.2. The molecule has 0 amide bonds. The summed E-state index contributed by atoms with van der Waals surface area (Å²) in [6.45, 7) is 4.89. The number of rotatable bonds is 8. The zero-order valence-electron chi connectivity index (χ0n) is 12.4. The number of hydrogen-bond donors (Lipinski definition) is 1. The number of methoxy groups -OCH3 is 1. The van der Waals surface area contributed by atoms with E-state index < -0.39 is 0 Å². The zero-order valence-corrected chi connectivity index (χ0v) is 12.4. The summed E-state index contributed by atoms with van der Waals surface area (Å²) in [6.07, 6.45) is 3.06. The fourth-order valence-corrected chi connectivity index (χ4v) is 2.37. The molecule has 1 fully saturated rings. The van der Waals surface area contributed by atoms with Crippen LogP contribution in [0.25, 0.3) is 0 Å². The quantitative estimate of drug-likeness (QED) is 0.743. The van der Waals surface area contributed by atoms with E-state index in [0.717, 1.165) is 18.7 Å². The molecule has 2 unspecified atom stereocenters. The predicted molar refractivity (Wildman–Crippen MR) is 80.0 cm³/mol. The van der Waals surface area contributed by atoms with Gasteiger partial charge in [0.2, 0.25) is 0 Å². The van der Waals surface area contributed by atoms with Gasteiger partial charge in [-0.15, -0.1) is 0 Å². The van der Waals surface area contributed by atoms with Crippen LogP contribution < -0.4 is 5.32 Å². The Kier molecular flexibility index (Phi) is 6.30. The van der Waals surface area contributed by atoms with Crippen molar-refractivity contribution in [3.63, 3.8) is 0 Å². The van der Waals surface area contributed by atoms with Gasteiger partial charge in [-0.25, -0.2) is 0 Å². The first kappa shape index (κ1) is 15.3. The zero-order chi connectivity index (χ0) is 14.2. The highest BCUT2D eigenvalue weighted by molar-refractivity contribution is 5.45. The molecule has 1 heterocycles. The average Bonchev–Trinajstić information content (AvgIpc) is 2.88. The van der Waals surface area contributed by atoms with Crippen LogP contribution in [0.1, 0.15) is 25.3 Å². The Hall–Kier alpha value is -1.10. The van der Waals surface area contributed by atoms with E-state index in [9.17, 15) is 0 Å². The second-order valence-corrected chi connectivity index (χ2v) is 5.27. The Morgan fingerprint density at radius 2 is 2.20 bits per heavy atom. The van der Waals surface area contributed by atoms with E-state index in [1.807, 2.05) is 0 Å². The molecule has 4 heteroatoms. The fourth-order valence-electron chi connectivity index (χ4n) is 2.37. The molecule has 1 aliphatic heterocycles. The summed E-state index contributed by atoms with van der Waals surface area (Å²) >= 11 is 0. The number of ether oxygens (including phenoxy) is 3. The summed E-state index contributed by atoms with van der Waals surface area (Å²) in [5, 5.41) is 3.44. The van der Waals surface area contributed by atoms with Crippen molar-refractivity contribution in [3.05, 3.63) is 29.8 Å². The van der Waals surface area contributed by atoms with Crippen LogP contribution in [0.3, 0.4) is 0 Å². The highest BCUT2D eigenvalue weighted by Gasteiger charge is 2.21. The maximum Gasteiger partial charge on any atom is 0.0751 e. The Labute approximate surface area is 121 Å².